The molecule has 0 N–H and O–H groups in total. The van der Waals surface area contributed by atoms with Crippen LogP contribution in [0.1, 0.15) is 19.8 Å². The van der Waals surface area contributed by atoms with Crippen molar-refractivity contribution in [3.8, 4) is 0 Å². The summed E-state index contributed by atoms with van der Waals surface area (Å²) in [4.78, 5) is 17.7. The van der Waals surface area contributed by atoms with Gasteiger partial charge in [0.2, 0.25) is 5.91 Å². The molecular weight excluding hydrogens is 304 g/mol. The zero-order valence-corrected chi connectivity index (χ0v) is 14.1. The van der Waals surface area contributed by atoms with E-state index in [-0.39, 0.29) is 5.91 Å². The molecule has 1 saturated heterocycles. The van der Waals surface area contributed by atoms with Crippen molar-refractivity contribution in [1.82, 2.24) is 9.80 Å². The summed E-state index contributed by atoms with van der Waals surface area (Å²) in [5.74, 6) is 1.06. The highest BCUT2D eigenvalue weighted by Gasteiger charge is 2.20. The van der Waals surface area contributed by atoms with E-state index in [1.807, 2.05) is 29.2 Å². The molecule has 1 aromatic carbocycles. The Morgan fingerprint density at radius 1 is 1.24 bits per heavy atom. The lowest BCUT2D eigenvalue weighted by Crippen LogP contribution is -2.48. The number of rotatable bonds is 6. The van der Waals surface area contributed by atoms with Crippen LogP contribution in [0.2, 0.25) is 5.02 Å². The molecule has 0 aliphatic carbocycles. The Labute approximate surface area is 136 Å². The van der Waals surface area contributed by atoms with Gasteiger partial charge in [0.05, 0.1) is 5.02 Å². The van der Waals surface area contributed by atoms with Crippen molar-refractivity contribution >= 4 is 29.3 Å². The normalized spacial score (nSPS) is 16.2. The van der Waals surface area contributed by atoms with E-state index < -0.39 is 0 Å². The van der Waals surface area contributed by atoms with Gasteiger partial charge in [-0.15, -0.1) is 11.8 Å². The molecule has 0 atom stereocenters. The summed E-state index contributed by atoms with van der Waals surface area (Å²) < 4.78 is 0. The van der Waals surface area contributed by atoms with Gasteiger partial charge in [-0.1, -0.05) is 30.7 Å². The number of carbonyl (C=O) groups is 1. The second kappa shape index (κ2) is 8.66. The fraction of sp³-hybridized carbons (Fsp3) is 0.562. The van der Waals surface area contributed by atoms with Gasteiger partial charge in [-0.05, 0) is 25.1 Å². The minimum absolute atomic E-state index is 0.269. The summed E-state index contributed by atoms with van der Waals surface area (Å²) >= 11 is 7.77. The molecule has 0 radical (unpaired) electrons. The Morgan fingerprint density at radius 2 is 1.95 bits per heavy atom. The zero-order valence-electron chi connectivity index (χ0n) is 12.6. The molecule has 0 bridgehead atoms. The van der Waals surface area contributed by atoms with Crippen molar-refractivity contribution in [2.45, 2.75) is 24.7 Å². The average Bonchev–Trinajstić information content (AvgIpc) is 2.50. The van der Waals surface area contributed by atoms with Crippen molar-refractivity contribution in [3.05, 3.63) is 29.3 Å². The van der Waals surface area contributed by atoms with E-state index in [1.165, 1.54) is 6.42 Å². The van der Waals surface area contributed by atoms with E-state index in [0.29, 0.717) is 6.42 Å². The summed E-state index contributed by atoms with van der Waals surface area (Å²) in [5.41, 5.74) is 0. The molecule has 1 aromatic rings. The third kappa shape index (κ3) is 5.20. The Balaban J connectivity index is 1.70. The first kappa shape index (κ1) is 16.7. The molecule has 3 nitrogen and oxygen atoms in total. The summed E-state index contributed by atoms with van der Waals surface area (Å²) in [7, 11) is 0. The van der Waals surface area contributed by atoms with Gasteiger partial charge in [0, 0.05) is 43.2 Å². The van der Waals surface area contributed by atoms with E-state index in [9.17, 15) is 4.79 Å². The maximum absolute atomic E-state index is 12.2. The van der Waals surface area contributed by atoms with E-state index in [2.05, 4.69) is 11.8 Å². The molecule has 1 fully saturated rings. The van der Waals surface area contributed by atoms with E-state index in [4.69, 9.17) is 11.6 Å². The van der Waals surface area contributed by atoms with Crippen LogP contribution in [0.15, 0.2) is 29.2 Å². The number of hydrogen-bond acceptors (Lipinski definition) is 3. The van der Waals surface area contributed by atoms with Crippen LogP contribution < -0.4 is 0 Å². The molecule has 0 unspecified atom stereocenters. The molecule has 5 heteroatoms. The Bertz CT molecular complexity index is 461. The highest BCUT2D eigenvalue weighted by molar-refractivity contribution is 7.99. The Hall–Kier alpha value is -0.710. The second-order valence-corrected chi connectivity index (χ2v) is 6.80. The molecule has 0 aromatic heterocycles. The highest BCUT2D eigenvalue weighted by atomic mass is 35.5. The summed E-state index contributed by atoms with van der Waals surface area (Å²) in [6.45, 7) is 7.10. The molecule has 1 amide bonds. The molecule has 116 valence electrons. The van der Waals surface area contributed by atoms with E-state index in [0.717, 1.165) is 48.4 Å². The van der Waals surface area contributed by atoms with Crippen molar-refractivity contribution in [2.75, 3.05) is 38.5 Å². The lowest BCUT2D eigenvalue weighted by Gasteiger charge is -2.34. The number of amides is 1. The topological polar surface area (TPSA) is 23.6 Å². The van der Waals surface area contributed by atoms with Gasteiger partial charge in [0.1, 0.15) is 0 Å². The van der Waals surface area contributed by atoms with Crippen molar-refractivity contribution < 1.29 is 4.79 Å². The van der Waals surface area contributed by atoms with Gasteiger partial charge >= 0.3 is 0 Å². The van der Waals surface area contributed by atoms with Crippen LogP contribution in [0, 0.1) is 0 Å². The monoisotopic (exact) mass is 326 g/mol. The summed E-state index contributed by atoms with van der Waals surface area (Å²) in [5, 5.41) is 0.767. The van der Waals surface area contributed by atoms with Crippen molar-refractivity contribution in [1.29, 1.82) is 0 Å². The molecule has 0 spiro atoms. The zero-order chi connectivity index (χ0) is 15.1. The number of benzene rings is 1. The Kier molecular flexibility index (Phi) is 6.87. The SMILES string of the molecule is CCCN1CCN(C(=O)CCSc2ccccc2Cl)CC1. The molecule has 0 saturated carbocycles. The van der Waals surface area contributed by atoms with Crippen molar-refractivity contribution in [2.24, 2.45) is 0 Å². The summed E-state index contributed by atoms with van der Waals surface area (Å²) in [6.07, 6.45) is 1.77. The second-order valence-electron chi connectivity index (χ2n) is 5.25. The fourth-order valence-electron chi connectivity index (χ4n) is 2.51. The predicted octanol–water partition coefficient (Wildman–Crippen LogP) is 3.38. The highest BCUT2D eigenvalue weighted by Crippen LogP contribution is 2.27. The van der Waals surface area contributed by atoms with Crippen LogP contribution in [-0.2, 0) is 4.79 Å². The predicted molar refractivity (Wildman–Crippen MR) is 90.1 cm³/mol. The minimum atomic E-state index is 0.269. The number of piperazine rings is 1. The largest absolute Gasteiger partial charge is 0.340 e. The maximum Gasteiger partial charge on any atom is 0.223 e. The van der Waals surface area contributed by atoms with E-state index in [1.54, 1.807) is 11.8 Å². The molecular formula is C16H23ClN2OS. The van der Waals surface area contributed by atoms with Crippen LogP contribution in [0.3, 0.4) is 0 Å². The lowest BCUT2D eigenvalue weighted by atomic mass is 10.2. The average molecular weight is 327 g/mol. The van der Waals surface area contributed by atoms with Crippen LogP contribution >= 0.6 is 23.4 Å². The smallest absolute Gasteiger partial charge is 0.223 e. The molecule has 2 rings (SSSR count). The van der Waals surface area contributed by atoms with Gasteiger partial charge in [-0.3, -0.25) is 9.69 Å². The molecule has 1 aliphatic heterocycles. The van der Waals surface area contributed by atoms with Gasteiger partial charge in [0.15, 0.2) is 0 Å². The van der Waals surface area contributed by atoms with Crippen LogP contribution in [0.25, 0.3) is 0 Å². The quantitative estimate of drug-likeness (QED) is 0.749. The minimum Gasteiger partial charge on any atom is -0.340 e. The number of nitrogens with zero attached hydrogens (tertiary/aromatic N) is 2. The summed E-state index contributed by atoms with van der Waals surface area (Å²) in [6, 6.07) is 7.79. The fourth-order valence-corrected chi connectivity index (χ4v) is 3.68. The molecule has 1 heterocycles. The maximum atomic E-state index is 12.2. The van der Waals surface area contributed by atoms with Crippen LogP contribution in [-0.4, -0.2) is 54.2 Å². The molecule has 21 heavy (non-hydrogen) atoms. The first-order valence-electron chi connectivity index (χ1n) is 7.58. The van der Waals surface area contributed by atoms with Gasteiger partial charge in [-0.2, -0.15) is 0 Å². The van der Waals surface area contributed by atoms with Gasteiger partial charge in [-0.25, -0.2) is 0 Å². The van der Waals surface area contributed by atoms with Crippen LogP contribution in [0.4, 0.5) is 0 Å². The number of hydrogen-bond donors (Lipinski definition) is 0. The number of carbonyl (C=O) groups excluding carboxylic acids is 1. The Morgan fingerprint density at radius 3 is 2.62 bits per heavy atom. The first-order valence-corrected chi connectivity index (χ1v) is 8.94. The van der Waals surface area contributed by atoms with Gasteiger partial charge < -0.3 is 4.90 Å². The van der Waals surface area contributed by atoms with Gasteiger partial charge in [0.25, 0.3) is 0 Å². The third-order valence-electron chi connectivity index (χ3n) is 3.67. The number of halogens is 1. The van der Waals surface area contributed by atoms with Crippen LogP contribution in [0.5, 0.6) is 0 Å². The number of thioether (sulfide) groups is 1. The third-order valence-corrected chi connectivity index (χ3v) is 5.19. The molecule has 1 aliphatic rings. The lowest BCUT2D eigenvalue weighted by molar-refractivity contribution is -0.132. The van der Waals surface area contributed by atoms with Crippen molar-refractivity contribution in [3.63, 3.8) is 0 Å². The first-order chi connectivity index (χ1) is 10.2. The van der Waals surface area contributed by atoms with E-state index >= 15 is 0 Å². The standard InChI is InChI=1S/C16H23ClN2OS/c1-2-8-18-9-11-19(12-10-18)16(20)7-13-21-15-6-4-3-5-14(15)17/h3-6H,2,7-13H2,1H3.